The van der Waals surface area contributed by atoms with E-state index >= 15 is 0 Å². The minimum atomic E-state index is -3.66. The van der Waals surface area contributed by atoms with Crippen molar-refractivity contribution in [2.45, 2.75) is 16.7 Å². The van der Waals surface area contributed by atoms with Crippen molar-refractivity contribution in [2.24, 2.45) is 5.14 Å². The molecule has 2 rings (SSSR count). The summed E-state index contributed by atoms with van der Waals surface area (Å²) in [5.74, 6) is 0. The highest BCUT2D eigenvalue weighted by Crippen LogP contribution is 2.22. The van der Waals surface area contributed by atoms with E-state index in [4.69, 9.17) is 5.14 Å². The predicted octanol–water partition coefficient (Wildman–Crippen LogP) is 1.60. The van der Waals surface area contributed by atoms with Crippen molar-refractivity contribution in [1.82, 2.24) is 15.5 Å². The quantitative estimate of drug-likeness (QED) is 0.624. The van der Waals surface area contributed by atoms with Gasteiger partial charge in [-0.3, -0.25) is 0 Å². The first-order valence-electron chi connectivity index (χ1n) is 7.60. The third-order valence-corrected chi connectivity index (χ3v) is 7.08. The van der Waals surface area contributed by atoms with E-state index in [1.165, 1.54) is 10.9 Å². The molecule has 10 heteroatoms. The fraction of sp³-hybridized carbons (Fsp3) is 0.400. The minimum absolute atomic E-state index is 0.125. The third kappa shape index (κ3) is 6.08. The first kappa shape index (κ1) is 19.9. The monoisotopic (exact) mass is 402 g/mol. The van der Waals surface area contributed by atoms with Crippen LogP contribution in [-0.2, 0) is 16.4 Å². The van der Waals surface area contributed by atoms with Crippen LogP contribution in [0.5, 0.6) is 0 Å². The van der Waals surface area contributed by atoms with Gasteiger partial charge in [-0.25, -0.2) is 18.4 Å². The number of urea groups is 1. The molecule has 1 atom stereocenters. The predicted molar refractivity (Wildman–Crippen MR) is 102 cm³/mol. The molecule has 0 aromatic carbocycles. The van der Waals surface area contributed by atoms with E-state index in [-0.39, 0.29) is 16.3 Å². The number of thiophene rings is 2. The zero-order valence-electron chi connectivity index (χ0n) is 14.1. The lowest BCUT2D eigenvalue weighted by molar-refractivity contribution is 0.233. The number of nitrogens with one attached hydrogen (secondary N) is 2. The van der Waals surface area contributed by atoms with E-state index in [1.54, 1.807) is 17.4 Å². The molecular formula is C15H22N4O3S3. The lowest BCUT2D eigenvalue weighted by Gasteiger charge is -2.23. The van der Waals surface area contributed by atoms with Gasteiger partial charge in [0.25, 0.3) is 0 Å². The molecule has 2 amide bonds. The molecule has 2 aromatic rings. The van der Waals surface area contributed by atoms with E-state index in [2.05, 4.69) is 21.6 Å². The number of nitrogens with two attached hydrogens (primary N) is 1. The Bertz CT molecular complexity index is 785. The highest BCUT2D eigenvalue weighted by Gasteiger charge is 2.16. The summed E-state index contributed by atoms with van der Waals surface area (Å²) in [6.07, 6.45) is 0.551. The van der Waals surface area contributed by atoms with Gasteiger partial charge in [-0.05, 0) is 44.1 Å². The molecule has 1 unspecified atom stereocenters. The number of primary sulfonamides is 1. The van der Waals surface area contributed by atoms with Gasteiger partial charge in [0.1, 0.15) is 4.21 Å². The average molecular weight is 403 g/mol. The maximum atomic E-state index is 11.9. The molecule has 7 nitrogen and oxygen atoms in total. The van der Waals surface area contributed by atoms with E-state index in [1.807, 2.05) is 25.5 Å². The first-order chi connectivity index (χ1) is 11.8. The van der Waals surface area contributed by atoms with Gasteiger partial charge in [-0.2, -0.15) is 0 Å². The molecule has 2 heterocycles. The molecule has 138 valence electrons. The van der Waals surface area contributed by atoms with Crippen LogP contribution in [0.3, 0.4) is 0 Å². The Hall–Kier alpha value is -1.46. The number of hydrogen-bond acceptors (Lipinski definition) is 6. The Kier molecular flexibility index (Phi) is 6.96. The van der Waals surface area contributed by atoms with Gasteiger partial charge in [0, 0.05) is 22.8 Å². The molecule has 0 fully saturated rings. The molecule has 0 bridgehead atoms. The van der Waals surface area contributed by atoms with Crippen LogP contribution < -0.4 is 15.8 Å². The summed E-state index contributed by atoms with van der Waals surface area (Å²) in [5, 5.41) is 12.7. The van der Waals surface area contributed by atoms with E-state index in [0.29, 0.717) is 19.5 Å². The lowest BCUT2D eigenvalue weighted by atomic mass is 10.2. The van der Waals surface area contributed by atoms with Gasteiger partial charge in [0.05, 0.1) is 6.04 Å². The van der Waals surface area contributed by atoms with Crippen LogP contribution >= 0.6 is 22.7 Å². The Morgan fingerprint density at radius 1 is 1.28 bits per heavy atom. The van der Waals surface area contributed by atoms with Crippen LogP contribution in [0.25, 0.3) is 0 Å². The topological polar surface area (TPSA) is 105 Å². The summed E-state index contributed by atoms with van der Waals surface area (Å²) in [4.78, 5) is 16.1. The summed E-state index contributed by atoms with van der Waals surface area (Å²) in [7, 11) is 0.296. The molecule has 4 N–H and O–H groups in total. The standard InChI is InChI=1S/C15H22N4O3S3/c1-19(2)12(13-4-3-9-23-13)10-18-15(20)17-8-7-11-5-6-14(24-11)25(16,21)22/h3-6,9,12H,7-8,10H2,1-2H3,(H2,16,21,22)(H2,17,18,20). The Morgan fingerprint density at radius 2 is 2.04 bits per heavy atom. The Labute approximate surface area is 155 Å². The fourth-order valence-corrected chi connectivity index (χ4v) is 4.92. The third-order valence-electron chi connectivity index (χ3n) is 3.53. The van der Waals surface area contributed by atoms with Crippen molar-refractivity contribution in [3.63, 3.8) is 0 Å². The van der Waals surface area contributed by atoms with Gasteiger partial charge in [0.15, 0.2) is 0 Å². The second kappa shape index (κ2) is 8.77. The molecule has 0 saturated heterocycles. The highest BCUT2D eigenvalue weighted by atomic mass is 32.2. The van der Waals surface area contributed by atoms with Gasteiger partial charge >= 0.3 is 6.03 Å². The van der Waals surface area contributed by atoms with Gasteiger partial charge in [-0.15, -0.1) is 22.7 Å². The van der Waals surface area contributed by atoms with Crippen LogP contribution in [-0.4, -0.2) is 46.5 Å². The molecule has 0 radical (unpaired) electrons. The molecule has 0 saturated carbocycles. The van der Waals surface area contributed by atoms with Crippen molar-refractivity contribution >= 4 is 38.7 Å². The summed E-state index contributed by atoms with van der Waals surface area (Å²) in [5.41, 5.74) is 0. The number of carbonyl (C=O) groups is 1. The Morgan fingerprint density at radius 3 is 2.60 bits per heavy atom. The highest BCUT2D eigenvalue weighted by molar-refractivity contribution is 7.91. The number of likely N-dealkylation sites (N-methyl/N-ethyl adjacent to an activating group) is 1. The molecule has 0 aliphatic carbocycles. The number of carbonyl (C=O) groups excluding carboxylic acids is 1. The minimum Gasteiger partial charge on any atom is -0.338 e. The number of nitrogens with zero attached hydrogens (tertiary/aromatic N) is 1. The normalized spacial score (nSPS) is 13.0. The van der Waals surface area contributed by atoms with Crippen LogP contribution in [0.15, 0.2) is 33.9 Å². The van der Waals surface area contributed by atoms with Crippen molar-refractivity contribution in [3.05, 3.63) is 39.4 Å². The van der Waals surface area contributed by atoms with Crippen molar-refractivity contribution in [1.29, 1.82) is 0 Å². The number of amides is 2. The SMILES string of the molecule is CN(C)C(CNC(=O)NCCc1ccc(S(N)(=O)=O)s1)c1cccs1. The summed E-state index contributed by atoms with van der Waals surface area (Å²) in [6, 6.07) is 7.12. The largest absolute Gasteiger partial charge is 0.338 e. The van der Waals surface area contributed by atoms with Gasteiger partial charge in [-0.1, -0.05) is 6.07 Å². The average Bonchev–Trinajstić information content (AvgIpc) is 3.18. The molecule has 2 aromatic heterocycles. The smallest absolute Gasteiger partial charge is 0.314 e. The lowest BCUT2D eigenvalue weighted by Crippen LogP contribution is -2.40. The maximum Gasteiger partial charge on any atom is 0.314 e. The van der Waals surface area contributed by atoms with Gasteiger partial charge < -0.3 is 15.5 Å². The van der Waals surface area contributed by atoms with Crippen molar-refractivity contribution < 1.29 is 13.2 Å². The zero-order valence-corrected chi connectivity index (χ0v) is 16.5. The molecule has 0 spiro atoms. The van der Waals surface area contributed by atoms with E-state index in [0.717, 1.165) is 16.2 Å². The molecule has 0 aliphatic heterocycles. The van der Waals surface area contributed by atoms with Crippen LogP contribution in [0, 0.1) is 0 Å². The number of rotatable bonds is 8. The zero-order chi connectivity index (χ0) is 18.4. The summed E-state index contributed by atoms with van der Waals surface area (Å²) in [6.45, 7) is 0.927. The maximum absolute atomic E-state index is 11.9. The molecular weight excluding hydrogens is 380 g/mol. The molecule has 0 aliphatic rings. The Balaban J connectivity index is 1.76. The fourth-order valence-electron chi connectivity index (χ4n) is 2.22. The van der Waals surface area contributed by atoms with E-state index in [9.17, 15) is 13.2 Å². The van der Waals surface area contributed by atoms with Crippen molar-refractivity contribution in [3.8, 4) is 0 Å². The van der Waals surface area contributed by atoms with Crippen molar-refractivity contribution in [2.75, 3.05) is 27.2 Å². The van der Waals surface area contributed by atoms with E-state index < -0.39 is 10.0 Å². The van der Waals surface area contributed by atoms with Gasteiger partial charge in [0.2, 0.25) is 10.0 Å². The second-order valence-electron chi connectivity index (χ2n) is 5.65. The second-order valence-corrected chi connectivity index (χ2v) is 9.58. The summed E-state index contributed by atoms with van der Waals surface area (Å²) < 4.78 is 22.6. The molecule has 25 heavy (non-hydrogen) atoms. The number of sulfonamides is 1. The first-order valence-corrected chi connectivity index (χ1v) is 10.8. The summed E-state index contributed by atoms with van der Waals surface area (Å²) >= 11 is 2.78. The van der Waals surface area contributed by atoms with Crippen LogP contribution in [0.1, 0.15) is 15.8 Å². The van der Waals surface area contributed by atoms with Crippen LogP contribution in [0.2, 0.25) is 0 Å². The van der Waals surface area contributed by atoms with Crippen LogP contribution in [0.4, 0.5) is 4.79 Å². The number of hydrogen-bond donors (Lipinski definition) is 3.